The molecule has 0 aliphatic heterocycles. The second-order valence-corrected chi connectivity index (χ2v) is 2.79. The topological polar surface area (TPSA) is 55.8 Å². The maximum Gasteiger partial charge on any atom is 0.396 e. The summed E-state index contributed by atoms with van der Waals surface area (Å²) in [5.41, 5.74) is 0. The Morgan fingerprint density at radius 3 is 2.50 bits per heavy atom. The van der Waals surface area contributed by atoms with Gasteiger partial charge < -0.3 is 14.4 Å². The van der Waals surface area contributed by atoms with Gasteiger partial charge in [-0.1, -0.05) is 0 Å². The quantitative estimate of drug-likeness (QED) is 0.360. The predicted molar refractivity (Wildman–Crippen MR) is 50.8 cm³/mol. The molecule has 0 aliphatic carbocycles. The minimum Gasteiger partial charge on any atom is -0.459 e. The number of carbonyl (C=O) groups is 2. The van der Waals surface area contributed by atoms with Crippen molar-refractivity contribution in [3.63, 3.8) is 0 Å². The molecule has 14 heavy (non-hydrogen) atoms. The molecule has 0 heterocycles. The molecule has 0 aromatic heterocycles. The molecule has 0 aliphatic rings. The molecule has 0 fully saturated rings. The lowest BCUT2D eigenvalue weighted by Gasteiger charge is -2.15. The number of hydrogen-bond acceptors (Lipinski definition) is 4. The van der Waals surface area contributed by atoms with Gasteiger partial charge >= 0.3 is 11.9 Å². The van der Waals surface area contributed by atoms with Crippen LogP contribution in [0, 0.1) is 0 Å². The number of nitrogens with zero attached hydrogens (tertiary/aromatic N) is 1. The van der Waals surface area contributed by atoms with E-state index in [1.165, 1.54) is 4.90 Å². The first kappa shape index (κ1) is 12.9. The summed E-state index contributed by atoms with van der Waals surface area (Å²) >= 11 is 0. The van der Waals surface area contributed by atoms with E-state index in [4.69, 9.17) is 4.74 Å². The molecule has 0 unspecified atom stereocenters. The average molecular weight is 203 g/mol. The van der Waals surface area contributed by atoms with Crippen molar-refractivity contribution in [2.75, 3.05) is 33.9 Å². The Hall–Kier alpha value is -1.10. The van der Waals surface area contributed by atoms with Crippen molar-refractivity contribution in [3.8, 4) is 0 Å². The first-order valence-electron chi connectivity index (χ1n) is 4.54. The van der Waals surface area contributed by atoms with E-state index in [1.54, 1.807) is 21.1 Å². The Balaban J connectivity index is 3.80. The second kappa shape index (κ2) is 7.32. The Bertz CT molecular complexity index is 193. The molecular formula is C9H17NO4. The minimum absolute atomic E-state index is 0.219. The van der Waals surface area contributed by atoms with Gasteiger partial charge in [0.05, 0.1) is 6.61 Å². The van der Waals surface area contributed by atoms with Gasteiger partial charge in [-0.15, -0.1) is 0 Å². The van der Waals surface area contributed by atoms with Crippen molar-refractivity contribution in [1.82, 2.24) is 4.90 Å². The molecule has 0 aromatic rings. The number of rotatable bonds is 5. The standard InChI is InChI=1S/C9H17NO4/c1-4-14-9(12)8(11)10(2)6-5-7-13-3/h4-7H2,1-3H3. The molecule has 5 nitrogen and oxygen atoms in total. The van der Waals surface area contributed by atoms with Gasteiger partial charge in [-0.05, 0) is 13.3 Å². The monoisotopic (exact) mass is 203 g/mol. The molecule has 0 spiro atoms. The third-order valence-corrected chi connectivity index (χ3v) is 1.64. The van der Waals surface area contributed by atoms with E-state index >= 15 is 0 Å². The van der Waals surface area contributed by atoms with Crippen LogP contribution in [0.1, 0.15) is 13.3 Å². The lowest BCUT2D eigenvalue weighted by molar-refractivity contribution is -0.159. The normalized spacial score (nSPS) is 9.64. The van der Waals surface area contributed by atoms with E-state index in [9.17, 15) is 9.59 Å². The maximum atomic E-state index is 11.2. The van der Waals surface area contributed by atoms with E-state index in [-0.39, 0.29) is 6.61 Å². The first-order chi connectivity index (χ1) is 6.63. The van der Waals surface area contributed by atoms with Crippen LogP contribution in [-0.2, 0) is 19.1 Å². The second-order valence-electron chi connectivity index (χ2n) is 2.79. The van der Waals surface area contributed by atoms with Crippen molar-refractivity contribution in [1.29, 1.82) is 0 Å². The van der Waals surface area contributed by atoms with Gasteiger partial charge in [-0.2, -0.15) is 0 Å². The lowest BCUT2D eigenvalue weighted by Crippen LogP contribution is -2.35. The molecule has 1 amide bonds. The zero-order valence-electron chi connectivity index (χ0n) is 8.91. The molecule has 82 valence electrons. The minimum atomic E-state index is -0.799. The highest BCUT2D eigenvalue weighted by Gasteiger charge is 2.18. The van der Waals surface area contributed by atoms with Crippen molar-refractivity contribution in [2.45, 2.75) is 13.3 Å². The molecule has 0 saturated heterocycles. The Labute approximate surface area is 84.0 Å². The molecule has 5 heteroatoms. The largest absolute Gasteiger partial charge is 0.459 e. The summed E-state index contributed by atoms with van der Waals surface area (Å²) in [7, 11) is 3.15. The molecule has 0 radical (unpaired) electrons. The van der Waals surface area contributed by atoms with Gasteiger partial charge in [-0.3, -0.25) is 4.79 Å². The summed E-state index contributed by atoms with van der Waals surface area (Å²) in [6.07, 6.45) is 0.706. The number of methoxy groups -OCH3 is 1. The predicted octanol–water partition coefficient (Wildman–Crippen LogP) is 0.0444. The van der Waals surface area contributed by atoms with Crippen LogP contribution in [0.15, 0.2) is 0 Å². The van der Waals surface area contributed by atoms with Gasteiger partial charge in [0.15, 0.2) is 0 Å². The number of ether oxygens (including phenoxy) is 2. The Morgan fingerprint density at radius 2 is 2.00 bits per heavy atom. The fourth-order valence-corrected chi connectivity index (χ4v) is 0.896. The van der Waals surface area contributed by atoms with E-state index in [0.29, 0.717) is 19.6 Å². The average Bonchev–Trinajstić information content (AvgIpc) is 2.17. The van der Waals surface area contributed by atoms with Gasteiger partial charge in [0.1, 0.15) is 0 Å². The summed E-state index contributed by atoms with van der Waals surface area (Å²) in [6.45, 7) is 2.94. The van der Waals surface area contributed by atoms with Crippen LogP contribution in [0.25, 0.3) is 0 Å². The van der Waals surface area contributed by atoms with Crippen LogP contribution in [0.5, 0.6) is 0 Å². The van der Waals surface area contributed by atoms with Crippen LogP contribution in [0.3, 0.4) is 0 Å². The van der Waals surface area contributed by atoms with Crippen LogP contribution in [0.4, 0.5) is 0 Å². The summed E-state index contributed by atoms with van der Waals surface area (Å²) in [4.78, 5) is 23.5. The highest BCUT2D eigenvalue weighted by Crippen LogP contribution is 1.92. The Kier molecular flexibility index (Phi) is 6.74. The molecule has 0 bridgehead atoms. The molecule has 0 atom stereocenters. The number of carbonyl (C=O) groups excluding carboxylic acids is 2. The van der Waals surface area contributed by atoms with Crippen LogP contribution in [0.2, 0.25) is 0 Å². The van der Waals surface area contributed by atoms with Gasteiger partial charge in [-0.25, -0.2) is 4.79 Å². The van der Waals surface area contributed by atoms with Gasteiger partial charge in [0.2, 0.25) is 0 Å². The fraction of sp³-hybridized carbons (Fsp3) is 0.778. The van der Waals surface area contributed by atoms with Crippen molar-refractivity contribution in [3.05, 3.63) is 0 Å². The molecule has 0 rings (SSSR count). The first-order valence-corrected chi connectivity index (χ1v) is 4.54. The molecule has 0 aromatic carbocycles. The van der Waals surface area contributed by atoms with Crippen molar-refractivity contribution in [2.24, 2.45) is 0 Å². The van der Waals surface area contributed by atoms with Gasteiger partial charge in [0, 0.05) is 27.3 Å². The van der Waals surface area contributed by atoms with Gasteiger partial charge in [0.25, 0.3) is 0 Å². The lowest BCUT2D eigenvalue weighted by atomic mass is 10.4. The van der Waals surface area contributed by atoms with E-state index < -0.39 is 11.9 Å². The van der Waals surface area contributed by atoms with E-state index in [0.717, 1.165) is 0 Å². The molecule has 0 N–H and O–H groups in total. The van der Waals surface area contributed by atoms with Crippen LogP contribution >= 0.6 is 0 Å². The molecular weight excluding hydrogens is 186 g/mol. The summed E-state index contributed by atoms with van der Waals surface area (Å²) < 4.78 is 9.40. The zero-order chi connectivity index (χ0) is 11.0. The van der Waals surface area contributed by atoms with E-state index in [1.807, 2.05) is 0 Å². The third-order valence-electron chi connectivity index (χ3n) is 1.64. The number of amides is 1. The number of hydrogen-bond donors (Lipinski definition) is 0. The molecule has 0 saturated carbocycles. The smallest absolute Gasteiger partial charge is 0.396 e. The maximum absolute atomic E-state index is 11.2. The SMILES string of the molecule is CCOC(=O)C(=O)N(C)CCCOC. The van der Waals surface area contributed by atoms with Crippen LogP contribution < -0.4 is 0 Å². The summed E-state index contributed by atoms with van der Waals surface area (Å²) in [5, 5.41) is 0. The fourth-order valence-electron chi connectivity index (χ4n) is 0.896. The highest BCUT2D eigenvalue weighted by molar-refractivity contribution is 6.32. The summed E-state index contributed by atoms with van der Waals surface area (Å²) in [5.74, 6) is -1.41. The summed E-state index contributed by atoms with van der Waals surface area (Å²) in [6, 6.07) is 0. The van der Waals surface area contributed by atoms with E-state index in [2.05, 4.69) is 4.74 Å². The van der Waals surface area contributed by atoms with Crippen molar-refractivity contribution >= 4 is 11.9 Å². The third kappa shape index (κ3) is 4.81. The zero-order valence-corrected chi connectivity index (χ0v) is 8.91. The van der Waals surface area contributed by atoms with Crippen molar-refractivity contribution < 1.29 is 19.1 Å². The number of esters is 1. The number of likely N-dealkylation sites (N-methyl/N-ethyl adjacent to an activating group) is 1. The van der Waals surface area contributed by atoms with Crippen LogP contribution in [-0.4, -0.2) is 50.7 Å². The highest BCUT2D eigenvalue weighted by atomic mass is 16.5. The Morgan fingerprint density at radius 1 is 1.36 bits per heavy atom.